The van der Waals surface area contributed by atoms with E-state index >= 15 is 0 Å². The summed E-state index contributed by atoms with van der Waals surface area (Å²) in [4.78, 5) is 40.5. The van der Waals surface area contributed by atoms with Gasteiger partial charge in [-0.15, -0.1) is 0 Å². The van der Waals surface area contributed by atoms with Crippen LogP contribution in [0.2, 0.25) is 0 Å². The molecule has 55 heavy (non-hydrogen) atoms. The second-order valence-corrected chi connectivity index (χ2v) is 15.3. The van der Waals surface area contributed by atoms with Crippen molar-refractivity contribution in [1.29, 1.82) is 0 Å². The first-order valence-corrected chi connectivity index (χ1v) is 19.1. The number of nitrogens with one attached hydrogen (secondary N) is 4. The van der Waals surface area contributed by atoms with Gasteiger partial charge in [0.05, 0.1) is 57.3 Å². The van der Waals surface area contributed by atoms with Crippen LogP contribution in [-0.2, 0) is 22.5 Å². The van der Waals surface area contributed by atoms with Crippen LogP contribution in [0.15, 0.2) is 94.2 Å². The Hall–Kier alpha value is -5.21. The maximum absolute atomic E-state index is 13.2. The second kappa shape index (κ2) is 17.5. The second-order valence-electron chi connectivity index (χ2n) is 14.5. The lowest BCUT2D eigenvalue weighted by Crippen LogP contribution is -2.48. The largest absolute Gasteiger partial charge is 0.506 e. The summed E-state index contributed by atoms with van der Waals surface area (Å²) >= 11 is 3.59. The van der Waals surface area contributed by atoms with Crippen molar-refractivity contribution < 1.29 is 33.8 Å². The highest BCUT2D eigenvalue weighted by Crippen LogP contribution is 2.33. The van der Waals surface area contributed by atoms with Gasteiger partial charge >= 0.3 is 6.09 Å². The van der Waals surface area contributed by atoms with Crippen LogP contribution < -0.4 is 26.2 Å². The fraction of sp³-hybridized carbons (Fsp3) is 0.310. The highest BCUT2D eigenvalue weighted by Gasteiger charge is 2.28. The molecule has 0 saturated carbocycles. The molecule has 6 rings (SSSR count). The lowest BCUT2D eigenvalue weighted by Gasteiger charge is -2.36. The molecule has 1 aliphatic heterocycles. The number of likely N-dealkylation sites (tertiary alicyclic amines) is 1. The molecule has 1 aromatic heterocycles. The number of nitrogens with zero attached hydrogens (tertiary/aromatic N) is 1. The summed E-state index contributed by atoms with van der Waals surface area (Å²) in [5.74, 6) is 0.297. The van der Waals surface area contributed by atoms with E-state index in [1.54, 1.807) is 25.3 Å². The van der Waals surface area contributed by atoms with Gasteiger partial charge in [0.1, 0.15) is 17.6 Å². The van der Waals surface area contributed by atoms with Crippen molar-refractivity contribution >= 4 is 50.2 Å². The van der Waals surface area contributed by atoms with E-state index in [0.717, 1.165) is 52.7 Å². The number of aromatic amines is 1. The molecule has 0 aliphatic carbocycles. The van der Waals surface area contributed by atoms with Crippen LogP contribution in [0.25, 0.3) is 22.0 Å². The van der Waals surface area contributed by atoms with Gasteiger partial charge in [-0.05, 0) is 69.4 Å². The number of aromatic hydroxyl groups is 1. The molecule has 2 heterocycles. The van der Waals surface area contributed by atoms with Gasteiger partial charge in [0.15, 0.2) is 0 Å². The fourth-order valence-corrected chi connectivity index (χ4v) is 7.35. The van der Waals surface area contributed by atoms with E-state index in [4.69, 9.17) is 9.47 Å². The average molecular weight is 814 g/mol. The summed E-state index contributed by atoms with van der Waals surface area (Å²) in [5, 5.41) is 30.9. The lowest BCUT2D eigenvalue weighted by molar-refractivity contribution is -0.896. The summed E-state index contributed by atoms with van der Waals surface area (Å²) in [7, 11) is 5.93. The molecule has 0 bridgehead atoms. The van der Waals surface area contributed by atoms with Crippen LogP contribution in [0, 0.1) is 0 Å². The number of hydrogen-bond acceptors (Lipinski definition) is 8. The summed E-state index contributed by atoms with van der Waals surface area (Å²) in [6.07, 6.45) is 0.849. The first-order chi connectivity index (χ1) is 26.4. The molecular weight excluding hydrogens is 766 g/mol. The van der Waals surface area contributed by atoms with Crippen molar-refractivity contribution in [1.82, 2.24) is 10.3 Å². The molecule has 1 atom stereocenters. The highest BCUT2D eigenvalue weighted by molar-refractivity contribution is 9.10. The minimum Gasteiger partial charge on any atom is -0.506 e. The smallest absolute Gasteiger partial charge is 0.411 e. The zero-order valence-corrected chi connectivity index (χ0v) is 32.7. The number of rotatable bonds is 13. The van der Waals surface area contributed by atoms with Crippen molar-refractivity contribution in [2.24, 2.45) is 0 Å². The van der Waals surface area contributed by atoms with Crippen molar-refractivity contribution in [2.45, 2.75) is 44.4 Å². The van der Waals surface area contributed by atoms with Gasteiger partial charge in [-0.3, -0.25) is 14.9 Å². The quantitative estimate of drug-likeness (QED) is 0.0704. The first kappa shape index (κ1) is 39.5. The first-order valence-electron chi connectivity index (χ1n) is 18.3. The Balaban J connectivity index is 1.06. The maximum atomic E-state index is 13.2. The number of pyridine rings is 1. The number of phenolic OH excluding ortho intramolecular Hbond substituents is 1. The van der Waals surface area contributed by atoms with Crippen molar-refractivity contribution in [3.63, 3.8) is 0 Å². The molecule has 13 heteroatoms. The van der Waals surface area contributed by atoms with Crippen LogP contribution in [0.4, 0.5) is 16.2 Å². The summed E-state index contributed by atoms with van der Waals surface area (Å²) in [5.41, 5.74) is 5.20. The molecule has 5 aromatic rings. The number of aliphatic hydroxyl groups is 1. The molecule has 4 aromatic carbocycles. The van der Waals surface area contributed by atoms with Crippen LogP contribution >= 0.6 is 15.9 Å². The monoisotopic (exact) mass is 812 g/mol. The number of carbonyl (C=O) groups excluding carboxylic acids is 2. The number of halogens is 1. The van der Waals surface area contributed by atoms with Gasteiger partial charge < -0.3 is 39.8 Å². The van der Waals surface area contributed by atoms with E-state index in [0.29, 0.717) is 45.5 Å². The molecular formula is C42H47BrN5O7+. The van der Waals surface area contributed by atoms with Crippen molar-refractivity contribution in [3.8, 4) is 22.6 Å². The van der Waals surface area contributed by atoms with Crippen molar-refractivity contribution in [2.75, 3.05) is 51.5 Å². The van der Waals surface area contributed by atoms with Crippen LogP contribution in [0.3, 0.4) is 0 Å². The van der Waals surface area contributed by atoms with Gasteiger partial charge in [-0.1, -0.05) is 42.5 Å². The number of carbonyl (C=O) groups is 2. The third-order valence-corrected chi connectivity index (χ3v) is 10.7. The molecule has 6 N–H and O–H groups in total. The van der Waals surface area contributed by atoms with E-state index in [2.05, 4.69) is 51.0 Å². The Morgan fingerprint density at radius 1 is 0.964 bits per heavy atom. The van der Waals surface area contributed by atoms with Gasteiger partial charge in [-0.25, -0.2) is 4.79 Å². The maximum Gasteiger partial charge on any atom is 0.411 e. The number of fused-ring (bicyclic) bond motifs is 1. The number of amides is 2. The van der Waals surface area contributed by atoms with E-state index in [1.165, 1.54) is 12.1 Å². The van der Waals surface area contributed by atoms with Crippen LogP contribution in [0.1, 0.15) is 42.1 Å². The van der Waals surface area contributed by atoms with Gasteiger partial charge in [0, 0.05) is 65.5 Å². The molecule has 1 fully saturated rings. The number of aromatic nitrogens is 1. The molecule has 1 aliphatic rings. The molecule has 0 unspecified atom stereocenters. The number of benzene rings is 4. The minimum atomic E-state index is -0.923. The van der Waals surface area contributed by atoms with E-state index in [-0.39, 0.29) is 41.8 Å². The molecule has 2 amide bonds. The van der Waals surface area contributed by atoms with Gasteiger partial charge in [-0.2, -0.15) is 0 Å². The van der Waals surface area contributed by atoms with Gasteiger partial charge in [0.2, 0.25) is 11.5 Å². The van der Waals surface area contributed by atoms with Gasteiger partial charge in [0.25, 0.3) is 0 Å². The number of quaternary nitrogens is 1. The number of ether oxygens (including phenoxy) is 2. The molecule has 12 nitrogen and oxygen atoms in total. The number of phenols is 1. The molecule has 288 valence electrons. The Bertz CT molecular complexity index is 2220. The lowest BCUT2D eigenvalue weighted by atomic mass is 9.99. The third-order valence-electron chi connectivity index (χ3n) is 10.00. The Labute approximate surface area is 328 Å². The number of piperidine rings is 1. The zero-order valence-electron chi connectivity index (χ0n) is 31.2. The summed E-state index contributed by atoms with van der Waals surface area (Å²) in [6.45, 7) is 2.46. The minimum absolute atomic E-state index is 0.0732. The number of aliphatic hydroxyl groups excluding tert-OH is 1. The fourth-order valence-electron chi connectivity index (χ4n) is 6.86. The van der Waals surface area contributed by atoms with Crippen molar-refractivity contribution in [3.05, 3.63) is 116 Å². The topological polar surface area (TPSA) is 162 Å². The SMILES string of the molecule is COc1cc(NC(=O)CCc2ccc(NC(=O)OC3CC[N+](C)(C)CC3)c(-c3ccccc3)c2)c(Br)cc1CNC[C@H](O)c1ccc(O)c2[nH]c(=O)ccc12. The summed E-state index contributed by atoms with van der Waals surface area (Å²) < 4.78 is 13.0. The standard InChI is InChI=1S/C42H46BrN5O7/c1-48(2)19-17-29(18-20-48)55-42(53)46-34-13-9-26(21-32(34)27-7-5-4-6-8-27)10-15-39(51)45-35-23-38(54-3)28(22-33(35)43)24-44-25-37(50)30-11-14-36(49)41-31(30)12-16-40(52)47-41/h4-9,11-14,16,21-23,29,37,44,50H,10,15,17-20,24-25H2,1-3H3,(H3-,45,46,47,49,51,52,53)/p+1/t37-/m0/s1. The van der Waals surface area contributed by atoms with E-state index in [1.807, 2.05) is 54.6 Å². The number of methoxy groups -OCH3 is 1. The Morgan fingerprint density at radius 2 is 1.73 bits per heavy atom. The number of H-pyrrole nitrogens is 1. The number of aryl methyl sites for hydroxylation is 1. The number of anilines is 2. The van der Waals surface area contributed by atoms with E-state index in [9.17, 15) is 24.6 Å². The Kier molecular flexibility index (Phi) is 12.6. The normalized spacial score (nSPS) is 14.6. The molecule has 1 saturated heterocycles. The predicted octanol–water partition coefficient (Wildman–Crippen LogP) is 6.85. The molecule has 0 spiro atoms. The van der Waals surface area contributed by atoms with E-state index < -0.39 is 12.2 Å². The Morgan fingerprint density at radius 3 is 2.47 bits per heavy atom. The third kappa shape index (κ3) is 10.1. The predicted molar refractivity (Wildman–Crippen MR) is 217 cm³/mol. The zero-order chi connectivity index (χ0) is 39.1. The highest BCUT2D eigenvalue weighted by atomic mass is 79.9. The number of hydrogen-bond donors (Lipinski definition) is 6. The average Bonchev–Trinajstić information content (AvgIpc) is 3.17. The molecule has 0 radical (unpaired) electrons. The summed E-state index contributed by atoms with van der Waals surface area (Å²) in [6, 6.07) is 25.2. The van der Waals surface area contributed by atoms with Crippen LogP contribution in [-0.4, -0.2) is 78.6 Å². The van der Waals surface area contributed by atoms with Crippen LogP contribution in [0.5, 0.6) is 11.5 Å².